The molecule has 1 aromatic heterocycles. The molecule has 0 amide bonds. The molecule has 0 saturated heterocycles. The fraction of sp³-hybridized carbons (Fsp3) is 0.385. The van der Waals surface area contributed by atoms with E-state index in [2.05, 4.69) is 11.5 Å². The molecular formula is C13H16N2O. The van der Waals surface area contributed by atoms with Gasteiger partial charge in [0.1, 0.15) is 5.58 Å². The standard InChI is InChI=1S/C13H16N2O/c14-15-13(9-4-3-5-9)11-8-16-12-7-2-1-6-10(11)12/h1-2,6-9,13,15H,3-5,14H2. The summed E-state index contributed by atoms with van der Waals surface area (Å²) < 4.78 is 5.56. The van der Waals surface area contributed by atoms with Gasteiger partial charge in [0.15, 0.2) is 0 Å². The summed E-state index contributed by atoms with van der Waals surface area (Å²) in [6.07, 6.45) is 5.68. The van der Waals surface area contributed by atoms with Crippen molar-refractivity contribution < 1.29 is 4.42 Å². The van der Waals surface area contributed by atoms with Crippen molar-refractivity contribution in [2.24, 2.45) is 11.8 Å². The molecule has 1 aliphatic rings. The monoisotopic (exact) mass is 216 g/mol. The molecule has 1 unspecified atom stereocenters. The number of hydrogen-bond donors (Lipinski definition) is 2. The van der Waals surface area contributed by atoms with Crippen LogP contribution in [0.1, 0.15) is 30.9 Å². The van der Waals surface area contributed by atoms with Crippen LogP contribution in [0.2, 0.25) is 0 Å². The van der Waals surface area contributed by atoms with Crippen molar-refractivity contribution in [3.05, 3.63) is 36.1 Å². The summed E-state index contributed by atoms with van der Waals surface area (Å²) in [5, 5.41) is 1.18. The number of rotatable bonds is 3. The minimum Gasteiger partial charge on any atom is -0.464 e. The number of hydrogen-bond acceptors (Lipinski definition) is 3. The van der Waals surface area contributed by atoms with Crippen LogP contribution < -0.4 is 11.3 Å². The van der Waals surface area contributed by atoms with E-state index in [1.54, 1.807) is 0 Å². The van der Waals surface area contributed by atoms with Crippen LogP contribution >= 0.6 is 0 Å². The van der Waals surface area contributed by atoms with E-state index in [-0.39, 0.29) is 6.04 Å². The summed E-state index contributed by atoms with van der Waals surface area (Å²) in [4.78, 5) is 0. The quantitative estimate of drug-likeness (QED) is 0.612. The summed E-state index contributed by atoms with van der Waals surface area (Å²) in [5.74, 6) is 6.33. The minimum atomic E-state index is 0.234. The van der Waals surface area contributed by atoms with Gasteiger partial charge in [0.2, 0.25) is 0 Å². The van der Waals surface area contributed by atoms with E-state index in [1.165, 1.54) is 30.2 Å². The third-order valence-corrected chi connectivity index (χ3v) is 3.65. The molecule has 1 heterocycles. The summed E-state index contributed by atoms with van der Waals surface area (Å²) in [5.41, 5.74) is 5.08. The first-order valence-electron chi connectivity index (χ1n) is 5.82. The second-order valence-electron chi connectivity index (χ2n) is 4.52. The Kier molecular flexibility index (Phi) is 2.42. The summed E-state index contributed by atoms with van der Waals surface area (Å²) in [6.45, 7) is 0. The SMILES string of the molecule is NNC(c1coc2ccccc12)C1CCC1. The van der Waals surface area contributed by atoms with E-state index in [0.717, 1.165) is 5.58 Å². The molecule has 1 aliphatic carbocycles. The van der Waals surface area contributed by atoms with Gasteiger partial charge in [-0.25, -0.2) is 0 Å². The Morgan fingerprint density at radius 3 is 2.81 bits per heavy atom. The smallest absolute Gasteiger partial charge is 0.134 e. The van der Waals surface area contributed by atoms with E-state index in [4.69, 9.17) is 10.3 Å². The normalized spacial score (nSPS) is 18.6. The lowest BCUT2D eigenvalue weighted by Crippen LogP contribution is -2.36. The number of hydrazine groups is 1. The third-order valence-electron chi connectivity index (χ3n) is 3.65. The number of fused-ring (bicyclic) bond motifs is 1. The zero-order chi connectivity index (χ0) is 11.0. The van der Waals surface area contributed by atoms with Crippen LogP contribution in [-0.2, 0) is 0 Å². The first-order valence-corrected chi connectivity index (χ1v) is 5.82. The van der Waals surface area contributed by atoms with E-state index >= 15 is 0 Å². The van der Waals surface area contributed by atoms with Gasteiger partial charge in [0.25, 0.3) is 0 Å². The van der Waals surface area contributed by atoms with Crippen LogP contribution in [0.5, 0.6) is 0 Å². The Morgan fingerprint density at radius 2 is 2.12 bits per heavy atom. The van der Waals surface area contributed by atoms with Gasteiger partial charge in [0, 0.05) is 10.9 Å². The Bertz CT molecular complexity index is 487. The van der Waals surface area contributed by atoms with Gasteiger partial charge in [-0.2, -0.15) is 0 Å². The maximum Gasteiger partial charge on any atom is 0.134 e. The molecule has 2 aromatic rings. The molecule has 3 heteroatoms. The summed E-state index contributed by atoms with van der Waals surface area (Å²) >= 11 is 0. The van der Waals surface area contributed by atoms with Crippen molar-refractivity contribution in [2.75, 3.05) is 0 Å². The molecular weight excluding hydrogens is 200 g/mol. The minimum absolute atomic E-state index is 0.234. The molecule has 3 N–H and O–H groups in total. The number of nitrogens with two attached hydrogens (primary N) is 1. The van der Waals surface area contributed by atoms with E-state index < -0.39 is 0 Å². The van der Waals surface area contributed by atoms with Crippen LogP contribution in [0, 0.1) is 5.92 Å². The average molecular weight is 216 g/mol. The fourth-order valence-corrected chi connectivity index (χ4v) is 2.49. The Labute approximate surface area is 94.6 Å². The second-order valence-corrected chi connectivity index (χ2v) is 4.52. The van der Waals surface area contributed by atoms with Gasteiger partial charge in [-0.05, 0) is 24.8 Å². The third kappa shape index (κ3) is 1.44. The van der Waals surface area contributed by atoms with Crippen molar-refractivity contribution in [1.82, 2.24) is 5.43 Å². The average Bonchev–Trinajstić information content (AvgIpc) is 2.67. The first-order chi connectivity index (χ1) is 7.90. The molecule has 0 bridgehead atoms. The zero-order valence-corrected chi connectivity index (χ0v) is 9.15. The molecule has 0 spiro atoms. The molecule has 1 atom stereocenters. The summed E-state index contributed by atoms with van der Waals surface area (Å²) in [6, 6.07) is 8.35. The van der Waals surface area contributed by atoms with Gasteiger partial charge in [0.05, 0.1) is 12.3 Å². The topological polar surface area (TPSA) is 51.2 Å². The van der Waals surface area contributed by atoms with Crippen LogP contribution in [0.3, 0.4) is 0 Å². The lowest BCUT2D eigenvalue weighted by Gasteiger charge is -2.32. The molecule has 1 saturated carbocycles. The molecule has 1 aromatic carbocycles. The van der Waals surface area contributed by atoms with Gasteiger partial charge < -0.3 is 4.42 Å². The largest absolute Gasteiger partial charge is 0.464 e. The molecule has 0 aliphatic heterocycles. The number of furan rings is 1. The number of nitrogens with one attached hydrogen (secondary N) is 1. The van der Waals surface area contributed by atoms with Crippen LogP contribution in [0.25, 0.3) is 11.0 Å². The highest BCUT2D eigenvalue weighted by Gasteiger charge is 2.29. The highest BCUT2D eigenvalue weighted by molar-refractivity contribution is 5.81. The van der Waals surface area contributed by atoms with Crippen LogP contribution in [0.15, 0.2) is 34.9 Å². The Hall–Kier alpha value is -1.32. The predicted molar refractivity (Wildman–Crippen MR) is 63.6 cm³/mol. The van der Waals surface area contributed by atoms with Gasteiger partial charge in [-0.15, -0.1) is 0 Å². The van der Waals surface area contributed by atoms with Crippen molar-refractivity contribution >= 4 is 11.0 Å². The maximum atomic E-state index is 5.67. The Balaban J connectivity index is 2.02. The lowest BCUT2D eigenvalue weighted by atomic mass is 9.77. The Morgan fingerprint density at radius 1 is 1.31 bits per heavy atom. The van der Waals surface area contributed by atoms with Gasteiger partial charge in [-0.1, -0.05) is 24.6 Å². The maximum absolute atomic E-state index is 5.67. The highest BCUT2D eigenvalue weighted by Crippen LogP contribution is 2.39. The number of benzene rings is 1. The van der Waals surface area contributed by atoms with Crippen molar-refractivity contribution in [1.29, 1.82) is 0 Å². The van der Waals surface area contributed by atoms with Gasteiger partial charge >= 0.3 is 0 Å². The van der Waals surface area contributed by atoms with E-state index in [0.29, 0.717) is 5.92 Å². The molecule has 3 rings (SSSR count). The summed E-state index contributed by atoms with van der Waals surface area (Å²) in [7, 11) is 0. The molecule has 84 valence electrons. The predicted octanol–water partition coefficient (Wildman–Crippen LogP) is 2.74. The van der Waals surface area contributed by atoms with Crippen molar-refractivity contribution in [3.63, 3.8) is 0 Å². The number of para-hydroxylation sites is 1. The zero-order valence-electron chi connectivity index (χ0n) is 9.15. The molecule has 3 nitrogen and oxygen atoms in total. The lowest BCUT2D eigenvalue weighted by molar-refractivity contribution is 0.232. The molecule has 16 heavy (non-hydrogen) atoms. The molecule has 1 fully saturated rings. The van der Waals surface area contributed by atoms with Crippen molar-refractivity contribution in [3.8, 4) is 0 Å². The van der Waals surface area contributed by atoms with E-state index in [1.807, 2.05) is 24.5 Å². The first kappa shape index (κ1) is 9.87. The molecule has 0 radical (unpaired) electrons. The second kappa shape index (κ2) is 3.92. The van der Waals surface area contributed by atoms with Crippen LogP contribution in [-0.4, -0.2) is 0 Å². The highest BCUT2D eigenvalue weighted by atomic mass is 16.3. The fourth-order valence-electron chi connectivity index (χ4n) is 2.49. The van der Waals surface area contributed by atoms with E-state index in [9.17, 15) is 0 Å². The van der Waals surface area contributed by atoms with Gasteiger partial charge in [-0.3, -0.25) is 11.3 Å². The van der Waals surface area contributed by atoms with Crippen LogP contribution in [0.4, 0.5) is 0 Å². The van der Waals surface area contributed by atoms with Crippen molar-refractivity contribution in [2.45, 2.75) is 25.3 Å².